The summed E-state index contributed by atoms with van der Waals surface area (Å²) in [5.74, 6) is 1.99. The van der Waals surface area contributed by atoms with E-state index in [1.54, 1.807) is 19.2 Å². The molecule has 3 heterocycles. The molecule has 2 aromatic heterocycles. The standard InChI is InChI=1S/C28H30ClF4N7/c1-7-17-12-34-25-20(24(17)35-14-27(4,5)6)10-18(11-21(25)29)37-26(19-8-9-23(30)36-15(19)2)22-13-40(39-38-22)16(3)28(31,32)33/h1,8-13,16,26,37-39H,14H2,2-6H3,(H,34,35)/t16?,26-/m0/s1. The van der Waals surface area contributed by atoms with Crippen molar-refractivity contribution in [2.75, 3.05) is 17.2 Å². The van der Waals surface area contributed by atoms with Crippen molar-refractivity contribution in [2.24, 2.45) is 5.41 Å². The Morgan fingerprint density at radius 3 is 2.55 bits per heavy atom. The van der Waals surface area contributed by atoms with E-state index in [9.17, 15) is 17.6 Å². The summed E-state index contributed by atoms with van der Waals surface area (Å²) in [7, 11) is 0. The summed E-state index contributed by atoms with van der Waals surface area (Å²) in [6, 6.07) is 3.64. The second-order valence-electron chi connectivity index (χ2n) is 10.8. The maximum absolute atomic E-state index is 13.9. The predicted octanol–water partition coefficient (Wildman–Crippen LogP) is 6.44. The van der Waals surface area contributed by atoms with Crippen LogP contribution in [0.4, 0.5) is 28.9 Å². The van der Waals surface area contributed by atoms with Crippen LogP contribution < -0.4 is 21.6 Å². The number of benzene rings is 1. The first-order chi connectivity index (χ1) is 18.7. The second kappa shape index (κ2) is 11.0. The highest BCUT2D eigenvalue weighted by Gasteiger charge is 2.41. The van der Waals surface area contributed by atoms with Gasteiger partial charge in [0, 0.05) is 41.3 Å². The summed E-state index contributed by atoms with van der Waals surface area (Å²) in [6.07, 6.45) is 4.19. The van der Waals surface area contributed by atoms with Crippen LogP contribution in [0.15, 0.2) is 42.4 Å². The van der Waals surface area contributed by atoms with Crippen LogP contribution in [0.2, 0.25) is 5.02 Å². The lowest BCUT2D eigenvalue weighted by Crippen LogP contribution is -2.48. The fourth-order valence-corrected chi connectivity index (χ4v) is 4.46. The Bertz CT molecular complexity index is 1490. The zero-order valence-electron chi connectivity index (χ0n) is 22.6. The summed E-state index contributed by atoms with van der Waals surface area (Å²) in [4.78, 5) is 8.36. The Morgan fingerprint density at radius 2 is 1.93 bits per heavy atom. The van der Waals surface area contributed by atoms with Crippen LogP contribution in [0.5, 0.6) is 0 Å². The lowest BCUT2D eigenvalue weighted by atomic mass is 9.96. The fraction of sp³-hybridized carbons (Fsp3) is 0.357. The summed E-state index contributed by atoms with van der Waals surface area (Å²) >= 11 is 6.66. The quantitative estimate of drug-likeness (QED) is 0.147. The van der Waals surface area contributed by atoms with Crippen molar-refractivity contribution in [3.63, 3.8) is 0 Å². The van der Waals surface area contributed by atoms with Crippen LogP contribution in [0.25, 0.3) is 10.9 Å². The van der Waals surface area contributed by atoms with Crippen LogP contribution in [0, 0.1) is 30.6 Å². The molecule has 12 heteroatoms. The first kappa shape index (κ1) is 29.2. The summed E-state index contributed by atoms with van der Waals surface area (Å²) in [5.41, 5.74) is 8.87. The molecule has 0 bridgehead atoms. The lowest BCUT2D eigenvalue weighted by molar-refractivity contribution is -0.178. The molecule has 3 aromatic rings. The van der Waals surface area contributed by atoms with Gasteiger partial charge in [0.15, 0.2) is 0 Å². The minimum atomic E-state index is -4.47. The zero-order chi connectivity index (χ0) is 29.4. The number of alkyl halides is 3. The molecule has 0 fully saturated rings. The van der Waals surface area contributed by atoms with Gasteiger partial charge in [0.05, 0.1) is 33.5 Å². The number of aromatic nitrogens is 2. The van der Waals surface area contributed by atoms with Gasteiger partial charge in [0.2, 0.25) is 5.95 Å². The van der Waals surface area contributed by atoms with Gasteiger partial charge in [-0.1, -0.05) is 44.4 Å². The molecule has 0 saturated heterocycles. The van der Waals surface area contributed by atoms with E-state index in [2.05, 4.69) is 58.3 Å². The molecule has 0 amide bonds. The molecule has 1 aliphatic rings. The highest BCUT2D eigenvalue weighted by molar-refractivity contribution is 6.35. The van der Waals surface area contributed by atoms with Crippen LogP contribution >= 0.6 is 11.6 Å². The van der Waals surface area contributed by atoms with Crippen LogP contribution in [-0.2, 0) is 0 Å². The number of terminal acetylenes is 1. The maximum atomic E-state index is 13.9. The Hall–Kier alpha value is -3.75. The van der Waals surface area contributed by atoms with Gasteiger partial charge < -0.3 is 16.1 Å². The Kier molecular flexibility index (Phi) is 8.06. The first-order valence-corrected chi connectivity index (χ1v) is 12.9. The molecule has 212 valence electrons. The van der Waals surface area contributed by atoms with E-state index in [0.29, 0.717) is 56.4 Å². The monoisotopic (exact) mass is 575 g/mol. The molecule has 2 atom stereocenters. The second-order valence-corrected chi connectivity index (χ2v) is 11.2. The first-order valence-electron chi connectivity index (χ1n) is 12.5. The average molecular weight is 576 g/mol. The summed E-state index contributed by atoms with van der Waals surface area (Å²) < 4.78 is 54.0. The molecule has 1 aromatic carbocycles. The molecular formula is C28H30ClF4N7. The molecule has 1 aliphatic heterocycles. The molecule has 0 spiro atoms. The van der Waals surface area contributed by atoms with Crippen molar-refractivity contribution >= 4 is 33.9 Å². The third-order valence-electron chi connectivity index (χ3n) is 6.40. The summed E-state index contributed by atoms with van der Waals surface area (Å²) in [6.45, 7) is 9.53. The number of aryl methyl sites for hydroxylation is 1. The number of nitrogens with zero attached hydrogens (tertiary/aromatic N) is 3. The number of rotatable bonds is 7. The van der Waals surface area contributed by atoms with E-state index < -0.39 is 24.2 Å². The van der Waals surface area contributed by atoms with Gasteiger partial charge in [0.1, 0.15) is 6.04 Å². The van der Waals surface area contributed by atoms with Gasteiger partial charge >= 0.3 is 6.18 Å². The number of fused-ring (bicyclic) bond motifs is 1. The number of anilines is 2. The maximum Gasteiger partial charge on any atom is 0.410 e. The Labute approximate surface area is 235 Å². The molecule has 1 unspecified atom stereocenters. The van der Waals surface area contributed by atoms with Gasteiger partial charge in [-0.3, -0.25) is 9.99 Å². The topological polar surface area (TPSA) is 77.1 Å². The molecule has 40 heavy (non-hydrogen) atoms. The van der Waals surface area contributed by atoms with Crippen LogP contribution in [-0.4, -0.2) is 33.7 Å². The normalized spacial score (nSPS) is 15.3. The van der Waals surface area contributed by atoms with Gasteiger partial charge in [-0.05, 0) is 37.5 Å². The van der Waals surface area contributed by atoms with Crippen LogP contribution in [0.1, 0.15) is 50.6 Å². The number of halogens is 5. The zero-order valence-corrected chi connectivity index (χ0v) is 23.4. The summed E-state index contributed by atoms with van der Waals surface area (Å²) in [5, 5.41) is 8.68. The highest BCUT2D eigenvalue weighted by atomic mass is 35.5. The van der Waals surface area contributed by atoms with Crippen molar-refractivity contribution < 1.29 is 17.6 Å². The largest absolute Gasteiger partial charge is 0.410 e. The van der Waals surface area contributed by atoms with E-state index in [4.69, 9.17) is 18.0 Å². The number of hydrogen-bond donors (Lipinski definition) is 4. The van der Waals surface area contributed by atoms with Crippen molar-refractivity contribution in [3.05, 3.63) is 70.2 Å². The van der Waals surface area contributed by atoms with E-state index in [1.807, 2.05) is 6.07 Å². The average Bonchev–Trinajstić information content (AvgIpc) is 3.34. The third kappa shape index (κ3) is 6.35. The smallest absolute Gasteiger partial charge is 0.383 e. The molecule has 4 N–H and O–H groups in total. The van der Waals surface area contributed by atoms with Gasteiger partial charge in [-0.2, -0.15) is 17.6 Å². The Balaban J connectivity index is 1.81. The number of hydrogen-bond acceptors (Lipinski definition) is 7. The van der Waals surface area contributed by atoms with Gasteiger partial charge in [-0.15, -0.1) is 12.0 Å². The number of pyridine rings is 2. The molecule has 0 saturated carbocycles. The van der Waals surface area contributed by atoms with Gasteiger partial charge in [0.25, 0.3) is 0 Å². The van der Waals surface area contributed by atoms with E-state index >= 15 is 0 Å². The van der Waals surface area contributed by atoms with E-state index in [-0.39, 0.29) is 5.41 Å². The number of nitrogens with one attached hydrogen (secondary N) is 4. The van der Waals surface area contributed by atoms with Gasteiger partial charge in [-0.25, -0.2) is 4.98 Å². The molecular weight excluding hydrogens is 546 g/mol. The minimum absolute atomic E-state index is 0.0492. The van der Waals surface area contributed by atoms with Crippen LogP contribution in [0.3, 0.4) is 0 Å². The number of hydrazine groups is 2. The van der Waals surface area contributed by atoms with Crippen molar-refractivity contribution in [2.45, 2.75) is 52.9 Å². The molecule has 0 radical (unpaired) electrons. The van der Waals surface area contributed by atoms with Crippen molar-refractivity contribution in [3.8, 4) is 12.3 Å². The van der Waals surface area contributed by atoms with Crippen molar-refractivity contribution in [1.29, 1.82) is 0 Å². The lowest BCUT2D eigenvalue weighted by Gasteiger charge is -2.25. The predicted molar refractivity (Wildman–Crippen MR) is 150 cm³/mol. The van der Waals surface area contributed by atoms with E-state index in [1.165, 1.54) is 18.3 Å². The third-order valence-corrected chi connectivity index (χ3v) is 6.69. The van der Waals surface area contributed by atoms with Crippen molar-refractivity contribution in [1.82, 2.24) is 25.9 Å². The SMILES string of the molecule is C#Cc1cnc2c(Cl)cc(N[C@H](C3=CN(C(C)C(F)(F)F)NN3)c3ccc(F)nc3C)cc2c1NCC(C)(C)C. The molecule has 0 aliphatic carbocycles. The molecule has 4 rings (SSSR count). The highest BCUT2D eigenvalue weighted by Crippen LogP contribution is 2.37. The molecule has 7 nitrogen and oxygen atoms in total. The fourth-order valence-electron chi connectivity index (χ4n) is 4.19. The minimum Gasteiger partial charge on any atom is -0.383 e. The van der Waals surface area contributed by atoms with E-state index in [0.717, 1.165) is 11.9 Å². The Morgan fingerprint density at radius 1 is 1.20 bits per heavy atom.